The van der Waals surface area contributed by atoms with E-state index in [2.05, 4.69) is 12.1 Å². The average Bonchev–Trinajstić information content (AvgIpc) is 2.56. The van der Waals surface area contributed by atoms with Crippen LogP contribution in [-0.4, -0.2) is 0 Å². The highest BCUT2D eigenvalue weighted by molar-refractivity contribution is 6.04. The third-order valence-corrected chi connectivity index (χ3v) is 2.22. The summed E-state index contributed by atoms with van der Waals surface area (Å²) in [5, 5.41) is 2.33. The van der Waals surface area contributed by atoms with E-state index in [4.69, 9.17) is 4.42 Å². The molecule has 0 N–H and O–H groups in total. The van der Waals surface area contributed by atoms with Gasteiger partial charge in [-0.2, -0.15) is 0 Å². The highest BCUT2D eigenvalue weighted by Gasteiger charge is 2.03. The van der Waals surface area contributed by atoms with Gasteiger partial charge in [0.1, 0.15) is 11.2 Å². The second-order valence-corrected chi connectivity index (χ2v) is 3.02. The number of rotatable bonds is 0. The number of benzene rings is 2. The van der Waals surface area contributed by atoms with E-state index in [0.29, 0.717) is 0 Å². The van der Waals surface area contributed by atoms with E-state index >= 15 is 0 Å². The van der Waals surface area contributed by atoms with Gasteiger partial charge in [0.25, 0.3) is 0 Å². The van der Waals surface area contributed by atoms with Crippen LogP contribution in [-0.2, 0) is 0 Å². The van der Waals surface area contributed by atoms with Crippen molar-refractivity contribution in [3.8, 4) is 0 Å². The molecule has 0 fully saturated rings. The normalized spacial score (nSPS) is 11.1. The van der Waals surface area contributed by atoms with Crippen molar-refractivity contribution in [2.45, 2.75) is 0 Å². The van der Waals surface area contributed by atoms with E-state index in [1.165, 1.54) is 5.39 Å². The molecule has 0 aliphatic rings. The molecule has 0 aliphatic carbocycles. The number of hydrogen-bond acceptors (Lipinski definition) is 1. The first-order valence-corrected chi connectivity index (χ1v) is 4.22. The zero-order valence-corrected chi connectivity index (χ0v) is 6.95. The Morgan fingerprint density at radius 3 is 2.77 bits per heavy atom. The lowest BCUT2D eigenvalue weighted by molar-refractivity contribution is 0.669. The van der Waals surface area contributed by atoms with Crippen molar-refractivity contribution in [1.82, 2.24) is 0 Å². The van der Waals surface area contributed by atoms with E-state index in [0.717, 1.165) is 16.6 Å². The molecule has 1 aromatic heterocycles. The maximum Gasteiger partial charge on any atom is 0.136 e. The van der Waals surface area contributed by atoms with Crippen LogP contribution in [0.2, 0.25) is 0 Å². The van der Waals surface area contributed by atoms with Gasteiger partial charge < -0.3 is 4.42 Å². The van der Waals surface area contributed by atoms with Crippen molar-refractivity contribution in [2.24, 2.45) is 0 Å². The quantitative estimate of drug-likeness (QED) is 0.500. The second kappa shape index (κ2) is 2.36. The molecule has 0 bridgehead atoms. The minimum atomic E-state index is 0.906. The predicted octanol–water partition coefficient (Wildman–Crippen LogP) is 3.39. The highest BCUT2D eigenvalue weighted by atomic mass is 16.3. The Kier molecular flexibility index (Phi) is 1.22. The minimum Gasteiger partial charge on any atom is -0.456 e. The van der Waals surface area contributed by atoms with Crippen LogP contribution < -0.4 is 0 Å². The molecule has 0 saturated carbocycles. The Labute approximate surface area is 75.6 Å². The van der Waals surface area contributed by atoms with Crippen molar-refractivity contribution < 1.29 is 4.42 Å². The molecule has 0 aliphatic heterocycles. The third kappa shape index (κ3) is 0.872. The van der Waals surface area contributed by atoms with Crippen LogP contribution in [0.1, 0.15) is 0 Å². The number of fused-ring (bicyclic) bond motifs is 3. The molecule has 1 heterocycles. The van der Waals surface area contributed by atoms with Crippen LogP contribution in [0, 0.1) is 6.07 Å². The van der Waals surface area contributed by atoms with E-state index in [1.807, 2.05) is 36.4 Å². The van der Waals surface area contributed by atoms with E-state index in [9.17, 15) is 0 Å². The van der Waals surface area contributed by atoms with Gasteiger partial charge in [-0.05, 0) is 24.3 Å². The van der Waals surface area contributed by atoms with Crippen molar-refractivity contribution in [3.63, 3.8) is 0 Å². The van der Waals surface area contributed by atoms with Crippen molar-refractivity contribution >= 4 is 21.9 Å². The molecular formula is C12H7O. The first-order chi connectivity index (χ1) is 6.45. The summed E-state index contributed by atoms with van der Waals surface area (Å²) in [6, 6.07) is 16.9. The van der Waals surface area contributed by atoms with Crippen LogP contribution in [0.3, 0.4) is 0 Å². The smallest absolute Gasteiger partial charge is 0.136 e. The molecule has 1 nitrogen and oxygen atoms in total. The maximum atomic E-state index is 5.62. The van der Waals surface area contributed by atoms with Crippen molar-refractivity contribution in [1.29, 1.82) is 0 Å². The highest BCUT2D eigenvalue weighted by Crippen LogP contribution is 2.27. The average molecular weight is 167 g/mol. The monoisotopic (exact) mass is 167 g/mol. The van der Waals surface area contributed by atoms with Crippen molar-refractivity contribution in [2.75, 3.05) is 0 Å². The number of hydrogen-bond donors (Lipinski definition) is 0. The Morgan fingerprint density at radius 1 is 0.923 bits per heavy atom. The number of para-hydroxylation sites is 1. The lowest BCUT2D eigenvalue weighted by Crippen LogP contribution is -1.63. The van der Waals surface area contributed by atoms with Crippen LogP contribution in [0.5, 0.6) is 0 Å². The molecule has 13 heavy (non-hydrogen) atoms. The van der Waals surface area contributed by atoms with Crippen LogP contribution >= 0.6 is 0 Å². The Hall–Kier alpha value is -1.76. The molecule has 2 aromatic carbocycles. The van der Waals surface area contributed by atoms with Gasteiger partial charge in [0.15, 0.2) is 0 Å². The zero-order chi connectivity index (χ0) is 8.67. The Balaban J connectivity index is 2.64. The van der Waals surface area contributed by atoms with Gasteiger partial charge in [-0.3, -0.25) is 0 Å². The van der Waals surface area contributed by atoms with Crippen molar-refractivity contribution in [3.05, 3.63) is 48.5 Å². The van der Waals surface area contributed by atoms with Gasteiger partial charge in [-0.15, -0.1) is 0 Å². The summed E-state index contributed by atoms with van der Waals surface area (Å²) in [7, 11) is 0. The lowest BCUT2D eigenvalue weighted by Gasteiger charge is -1.84. The molecule has 0 saturated heterocycles. The van der Waals surface area contributed by atoms with Crippen LogP contribution in [0.25, 0.3) is 21.9 Å². The number of furan rings is 1. The van der Waals surface area contributed by atoms with E-state index in [1.54, 1.807) is 0 Å². The summed E-state index contributed by atoms with van der Waals surface area (Å²) < 4.78 is 5.62. The van der Waals surface area contributed by atoms with Crippen LogP contribution in [0.15, 0.2) is 46.9 Å². The molecule has 0 amide bonds. The lowest BCUT2D eigenvalue weighted by atomic mass is 10.2. The summed E-state index contributed by atoms with van der Waals surface area (Å²) in [5.41, 5.74) is 1.85. The maximum absolute atomic E-state index is 5.62. The van der Waals surface area contributed by atoms with Gasteiger partial charge in [0, 0.05) is 10.8 Å². The third-order valence-electron chi connectivity index (χ3n) is 2.22. The Morgan fingerprint density at radius 2 is 1.77 bits per heavy atom. The second-order valence-electron chi connectivity index (χ2n) is 3.02. The molecule has 1 radical (unpaired) electrons. The molecule has 0 unspecified atom stereocenters. The molecule has 0 spiro atoms. The molecule has 1 heteroatoms. The zero-order valence-electron chi connectivity index (χ0n) is 6.95. The van der Waals surface area contributed by atoms with E-state index < -0.39 is 0 Å². The molecule has 3 aromatic rings. The summed E-state index contributed by atoms with van der Waals surface area (Å²) in [6.07, 6.45) is 0. The first kappa shape index (κ1) is 6.72. The van der Waals surface area contributed by atoms with E-state index in [-0.39, 0.29) is 0 Å². The largest absolute Gasteiger partial charge is 0.456 e. The summed E-state index contributed by atoms with van der Waals surface area (Å²) in [6.45, 7) is 0. The summed E-state index contributed by atoms with van der Waals surface area (Å²) in [5.74, 6) is 0. The molecule has 3 rings (SSSR count). The van der Waals surface area contributed by atoms with Crippen LogP contribution in [0.4, 0.5) is 0 Å². The first-order valence-electron chi connectivity index (χ1n) is 4.22. The fraction of sp³-hybridized carbons (Fsp3) is 0. The van der Waals surface area contributed by atoms with Gasteiger partial charge >= 0.3 is 0 Å². The minimum absolute atomic E-state index is 0.906. The fourth-order valence-electron chi connectivity index (χ4n) is 1.62. The van der Waals surface area contributed by atoms with Gasteiger partial charge in [-0.1, -0.05) is 24.3 Å². The standard InChI is InChI=1S/C12H7O/c1-3-7-11-9(5-1)10-6-2-4-8-12(10)13-11/h1-3,5-8H. The topological polar surface area (TPSA) is 13.1 Å². The fourth-order valence-corrected chi connectivity index (χ4v) is 1.62. The predicted molar refractivity (Wildman–Crippen MR) is 52.6 cm³/mol. The molecule has 0 atom stereocenters. The SMILES string of the molecule is [c]1ccc2c(c1)oc1ccccc12. The summed E-state index contributed by atoms with van der Waals surface area (Å²) >= 11 is 0. The van der Waals surface area contributed by atoms with Gasteiger partial charge in [0.2, 0.25) is 0 Å². The summed E-state index contributed by atoms with van der Waals surface area (Å²) in [4.78, 5) is 0. The molecular weight excluding hydrogens is 160 g/mol. The Bertz CT molecular complexity index is 513. The van der Waals surface area contributed by atoms with Gasteiger partial charge in [-0.25, -0.2) is 0 Å². The van der Waals surface area contributed by atoms with Gasteiger partial charge in [0.05, 0.1) is 0 Å². The molecule has 61 valence electrons.